The molecule has 1 unspecified atom stereocenters. The van der Waals surface area contributed by atoms with Crippen molar-refractivity contribution in [1.29, 1.82) is 0 Å². The maximum absolute atomic E-state index is 12.4. The summed E-state index contributed by atoms with van der Waals surface area (Å²) in [5, 5.41) is 8.79. The Labute approximate surface area is 112 Å². The molecule has 1 fully saturated rings. The van der Waals surface area contributed by atoms with E-state index in [1.807, 2.05) is 18.7 Å². The van der Waals surface area contributed by atoms with Crippen LogP contribution in [0.5, 0.6) is 0 Å². The summed E-state index contributed by atoms with van der Waals surface area (Å²) < 4.78 is 0. The van der Waals surface area contributed by atoms with Gasteiger partial charge in [0.15, 0.2) is 0 Å². The number of carboxylic acids is 1. The quantitative estimate of drug-likeness (QED) is 0.885. The van der Waals surface area contributed by atoms with Gasteiger partial charge in [-0.25, -0.2) is 9.78 Å². The largest absolute Gasteiger partial charge is 0.477 e. The van der Waals surface area contributed by atoms with E-state index in [1.54, 1.807) is 0 Å². The Morgan fingerprint density at radius 1 is 1.42 bits per heavy atom. The van der Waals surface area contributed by atoms with Crippen LogP contribution in [0.4, 0.5) is 0 Å². The Bertz CT molecular complexity index is 508. The number of aromatic nitrogens is 1. The number of pyridine rings is 1. The SMILES string of the molecule is CC1CN(C(=O)c2ccc(C(=O)O)nc2)C(C)(C)C1. The number of likely N-dealkylation sites (tertiary alicyclic amines) is 1. The van der Waals surface area contributed by atoms with Gasteiger partial charge in [-0.1, -0.05) is 6.92 Å². The van der Waals surface area contributed by atoms with Gasteiger partial charge in [-0.2, -0.15) is 0 Å². The predicted octanol–water partition coefficient (Wildman–Crippen LogP) is 2.04. The maximum atomic E-state index is 12.4. The third kappa shape index (κ3) is 2.59. The molecule has 1 N–H and O–H groups in total. The molecule has 1 aromatic rings. The topological polar surface area (TPSA) is 70.5 Å². The molecule has 0 bridgehead atoms. The first kappa shape index (κ1) is 13.5. The maximum Gasteiger partial charge on any atom is 0.354 e. The number of carbonyl (C=O) groups is 2. The number of nitrogens with zero attached hydrogens (tertiary/aromatic N) is 2. The predicted molar refractivity (Wildman–Crippen MR) is 70.1 cm³/mol. The Morgan fingerprint density at radius 3 is 2.53 bits per heavy atom. The third-order valence-corrected chi connectivity index (χ3v) is 3.55. The molecule has 5 heteroatoms. The summed E-state index contributed by atoms with van der Waals surface area (Å²) >= 11 is 0. The van der Waals surface area contributed by atoms with E-state index < -0.39 is 5.97 Å². The van der Waals surface area contributed by atoms with Crippen molar-refractivity contribution in [3.8, 4) is 0 Å². The second kappa shape index (κ2) is 4.64. The van der Waals surface area contributed by atoms with Crippen LogP contribution in [0.25, 0.3) is 0 Å². The molecule has 1 aliphatic rings. The van der Waals surface area contributed by atoms with Gasteiger partial charge in [0, 0.05) is 18.3 Å². The van der Waals surface area contributed by atoms with E-state index in [0.29, 0.717) is 11.5 Å². The van der Waals surface area contributed by atoms with Crippen molar-refractivity contribution in [2.75, 3.05) is 6.54 Å². The Balaban J connectivity index is 2.22. The highest BCUT2D eigenvalue weighted by atomic mass is 16.4. The first-order valence-electron chi connectivity index (χ1n) is 6.32. The van der Waals surface area contributed by atoms with Gasteiger partial charge in [-0.05, 0) is 38.3 Å². The molecule has 1 atom stereocenters. The number of hydrogen-bond acceptors (Lipinski definition) is 3. The van der Waals surface area contributed by atoms with Crippen LogP contribution in [-0.2, 0) is 0 Å². The first-order chi connectivity index (χ1) is 8.81. The minimum Gasteiger partial charge on any atom is -0.477 e. The number of carboxylic acid groups (broad SMARTS) is 1. The summed E-state index contributed by atoms with van der Waals surface area (Å²) in [5.41, 5.74) is 0.222. The number of aromatic carboxylic acids is 1. The summed E-state index contributed by atoms with van der Waals surface area (Å²) in [6.07, 6.45) is 2.31. The standard InChI is InChI=1S/C14H18N2O3/c1-9-6-14(2,3)16(8-9)12(17)10-4-5-11(13(18)19)15-7-10/h4-5,7,9H,6,8H2,1-3H3,(H,18,19). The highest BCUT2D eigenvalue weighted by Gasteiger charge is 2.39. The molecule has 0 saturated carbocycles. The molecule has 0 aromatic carbocycles. The number of carbonyl (C=O) groups excluding carboxylic acids is 1. The molecule has 2 heterocycles. The van der Waals surface area contributed by atoms with Crippen molar-refractivity contribution in [1.82, 2.24) is 9.88 Å². The molecule has 0 aliphatic carbocycles. The van der Waals surface area contributed by atoms with Crippen molar-refractivity contribution in [3.05, 3.63) is 29.6 Å². The van der Waals surface area contributed by atoms with Crippen LogP contribution in [0, 0.1) is 5.92 Å². The highest BCUT2D eigenvalue weighted by Crippen LogP contribution is 2.33. The van der Waals surface area contributed by atoms with E-state index in [-0.39, 0.29) is 17.1 Å². The lowest BCUT2D eigenvalue weighted by molar-refractivity contribution is 0.0644. The zero-order valence-corrected chi connectivity index (χ0v) is 11.4. The van der Waals surface area contributed by atoms with Gasteiger partial charge in [0.25, 0.3) is 5.91 Å². The average Bonchev–Trinajstić information content (AvgIpc) is 2.61. The molecule has 102 valence electrons. The summed E-state index contributed by atoms with van der Waals surface area (Å²) in [7, 11) is 0. The van der Waals surface area contributed by atoms with Crippen molar-refractivity contribution in [3.63, 3.8) is 0 Å². The minimum atomic E-state index is -1.09. The van der Waals surface area contributed by atoms with E-state index in [9.17, 15) is 9.59 Å². The van der Waals surface area contributed by atoms with Gasteiger partial charge in [0.2, 0.25) is 0 Å². The van der Waals surface area contributed by atoms with E-state index in [4.69, 9.17) is 5.11 Å². The van der Waals surface area contributed by atoms with Gasteiger partial charge >= 0.3 is 5.97 Å². The van der Waals surface area contributed by atoms with E-state index in [2.05, 4.69) is 11.9 Å². The first-order valence-corrected chi connectivity index (χ1v) is 6.32. The fraction of sp³-hybridized carbons (Fsp3) is 0.500. The van der Waals surface area contributed by atoms with E-state index in [0.717, 1.165) is 13.0 Å². The lowest BCUT2D eigenvalue weighted by atomic mass is 9.97. The second-order valence-corrected chi connectivity index (χ2v) is 5.77. The molecule has 2 rings (SSSR count). The van der Waals surface area contributed by atoms with Crippen LogP contribution in [0.3, 0.4) is 0 Å². The van der Waals surface area contributed by atoms with Crippen LogP contribution >= 0.6 is 0 Å². The molecule has 19 heavy (non-hydrogen) atoms. The van der Waals surface area contributed by atoms with Crippen molar-refractivity contribution in [2.45, 2.75) is 32.7 Å². The Morgan fingerprint density at radius 2 is 2.11 bits per heavy atom. The Kier molecular flexibility index (Phi) is 3.30. The zero-order chi connectivity index (χ0) is 14.2. The molecule has 1 aliphatic heterocycles. The smallest absolute Gasteiger partial charge is 0.354 e. The van der Waals surface area contributed by atoms with E-state index in [1.165, 1.54) is 18.3 Å². The van der Waals surface area contributed by atoms with Crippen molar-refractivity contribution in [2.24, 2.45) is 5.92 Å². The number of hydrogen-bond donors (Lipinski definition) is 1. The normalized spacial score (nSPS) is 21.4. The van der Waals surface area contributed by atoms with Crippen LogP contribution < -0.4 is 0 Å². The summed E-state index contributed by atoms with van der Waals surface area (Å²) in [4.78, 5) is 28.8. The van der Waals surface area contributed by atoms with Gasteiger partial charge < -0.3 is 10.0 Å². The molecular weight excluding hydrogens is 244 g/mol. The zero-order valence-electron chi connectivity index (χ0n) is 11.4. The van der Waals surface area contributed by atoms with Gasteiger partial charge in [-0.3, -0.25) is 4.79 Å². The second-order valence-electron chi connectivity index (χ2n) is 5.77. The number of amides is 1. The molecule has 0 spiro atoms. The Hall–Kier alpha value is -1.91. The van der Waals surface area contributed by atoms with E-state index >= 15 is 0 Å². The summed E-state index contributed by atoms with van der Waals surface area (Å²) in [6, 6.07) is 2.89. The van der Waals surface area contributed by atoms with Crippen LogP contribution in [-0.4, -0.2) is 39.0 Å². The lowest BCUT2D eigenvalue weighted by Gasteiger charge is -2.31. The fourth-order valence-corrected chi connectivity index (χ4v) is 2.75. The summed E-state index contributed by atoms with van der Waals surface area (Å²) in [5.74, 6) is -0.696. The van der Waals surface area contributed by atoms with Crippen molar-refractivity contribution >= 4 is 11.9 Å². The lowest BCUT2D eigenvalue weighted by Crippen LogP contribution is -2.42. The van der Waals surface area contributed by atoms with Gasteiger partial charge in [0.05, 0.1) is 5.56 Å². The average molecular weight is 262 g/mol. The molecule has 1 saturated heterocycles. The van der Waals surface area contributed by atoms with Gasteiger partial charge in [0.1, 0.15) is 5.69 Å². The monoisotopic (exact) mass is 262 g/mol. The molecule has 1 amide bonds. The minimum absolute atomic E-state index is 0.0504. The molecular formula is C14H18N2O3. The fourth-order valence-electron chi connectivity index (χ4n) is 2.75. The number of rotatable bonds is 2. The molecule has 1 aromatic heterocycles. The van der Waals surface area contributed by atoms with Crippen LogP contribution in [0.2, 0.25) is 0 Å². The van der Waals surface area contributed by atoms with Crippen LogP contribution in [0.15, 0.2) is 18.3 Å². The molecule has 0 radical (unpaired) electrons. The van der Waals surface area contributed by atoms with Crippen LogP contribution in [0.1, 0.15) is 48.0 Å². The highest BCUT2D eigenvalue weighted by molar-refractivity contribution is 5.95. The molecule has 5 nitrogen and oxygen atoms in total. The summed E-state index contributed by atoms with van der Waals surface area (Å²) in [6.45, 7) is 6.95. The third-order valence-electron chi connectivity index (χ3n) is 3.55. The van der Waals surface area contributed by atoms with Gasteiger partial charge in [-0.15, -0.1) is 0 Å². The van der Waals surface area contributed by atoms with Crippen molar-refractivity contribution < 1.29 is 14.7 Å².